The van der Waals surface area contributed by atoms with Crippen LogP contribution in [-0.2, 0) is 0 Å². The fourth-order valence-corrected chi connectivity index (χ4v) is 6.52. The van der Waals surface area contributed by atoms with Crippen LogP contribution in [0.3, 0.4) is 0 Å². The van der Waals surface area contributed by atoms with Gasteiger partial charge in [-0.15, -0.1) is 0 Å². The van der Waals surface area contributed by atoms with Crippen LogP contribution in [0, 0.1) is 23.2 Å². The highest BCUT2D eigenvalue weighted by molar-refractivity contribution is 5.99. The molecule has 0 saturated heterocycles. The van der Waals surface area contributed by atoms with Crippen molar-refractivity contribution in [2.75, 3.05) is 0 Å². The van der Waals surface area contributed by atoms with E-state index in [1.807, 2.05) is 12.3 Å². The Kier molecular flexibility index (Phi) is 3.41. The Labute approximate surface area is 148 Å². The lowest BCUT2D eigenvalue weighted by Gasteiger charge is -2.59. The van der Waals surface area contributed by atoms with E-state index in [0.717, 1.165) is 24.2 Å². The van der Waals surface area contributed by atoms with Crippen molar-refractivity contribution in [1.82, 2.24) is 19.9 Å². The maximum absolute atomic E-state index is 13.0. The zero-order valence-electron chi connectivity index (χ0n) is 14.8. The van der Waals surface area contributed by atoms with Gasteiger partial charge >= 0.3 is 0 Å². The minimum Gasteiger partial charge on any atom is -0.349 e. The molecule has 5 heteroatoms. The molecule has 1 unspecified atom stereocenters. The Bertz CT molecular complexity index is 776. The summed E-state index contributed by atoms with van der Waals surface area (Å²) in [6.45, 7) is 2.22. The summed E-state index contributed by atoms with van der Waals surface area (Å²) in [5.41, 5.74) is 1.55. The number of hydrogen-bond acceptors (Lipinski definition) is 3. The van der Waals surface area contributed by atoms with E-state index in [1.165, 1.54) is 38.5 Å². The number of rotatable bonds is 4. The van der Waals surface area contributed by atoms with Gasteiger partial charge in [0.05, 0.1) is 6.20 Å². The maximum atomic E-state index is 13.0. The summed E-state index contributed by atoms with van der Waals surface area (Å²) in [4.78, 5) is 17.3. The Balaban J connectivity index is 1.41. The number of aromatic nitrogens is 3. The molecule has 0 aromatic carbocycles. The first-order valence-corrected chi connectivity index (χ1v) is 9.76. The smallest absolute Gasteiger partial charge is 0.257 e. The Hall–Kier alpha value is -1.91. The van der Waals surface area contributed by atoms with E-state index in [0.29, 0.717) is 16.6 Å². The van der Waals surface area contributed by atoms with Crippen LogP contribution in [0.25, 0.3) is 5.65 Å². The molecule has 2 aromatic heterocycles. The topological polar surface area (TPSA) is 59.3 Å². The fourth-order valence-electron chi connectivity index (χ4n) is 6.52. The minimum absolute atomic E-state index is 0.0173. The van der Waals surface area contributed by atoms with Gasteiger partial charge in [-0.05, 0) is 74.2 Å². The van der Waals surface area contributed by atoms with Crippen LogP contribution in [0.1, 0.15) is 62.2 Å². The number of carbonyl (C=O) groups excluding carboxylic acids is 1. The normalized spacial score (nSPS) is 34.4. The van der Waals surface area contributed by atoms with Gasteiger partial charge < -0.3 is 5.32 Å². The lowest BCUT2D eigenvalue weighted by Crippen LogP contribution is -2.56. The summed E-state index contributed by atoms with van der Waals surface area (Å²) in [7, 11) is 0. The molecule has 0 aliphatic heterocycles. The Morgan fingerprint density at radius 2 is 1.96 bits per heavy atom. The molecular weight excluding hydrogens is 312 g/mol. The molecule has 4 aliphatic carbocycles. The maximum Gasteiger partial charge on any atom is 0.257 e. The highest BCUT2D eigenvalue weighted by Crippen LogP contribution is 2.61. The predicted octanol–water partition coefficient (Wildman–Crippen LogP) is 3.45. The third kappa shape index (κ3) is 2.39. The Morgan fingerprint density at radius 3 is 2.60 bits per heavy atom. The van der Waals surface area contributed by atoms with Gasteiger partial charge in [-0.25, -0.2) is 9.50 Å². The summed E-state index contributed by atoms with van der Waals surface area (Å²) < 4.78 is 1.67. The molecule has 4 fully saturated rings. The summed E-state index contributed by atoms with van der Waals surface area (Å²) in [5, 5.41) is 7.64. The molecule has 6 rings (SSSR count). The van der Waals surface area contributed by atoms with Gasteiger partial charge in [0.25, 0.3) is 5.91 Å². The van der Waals surface area contributed by atoms with Gasteiger partial charge in [0.1, 0.15) is 5.56 Å². The number of fused-ring (bicyclic) bond motifs is 1. The summed E-state index contributed by atoms with van der Waals surface area (Å²) in [6.07, 6.45) is 14.4. The van der Waals surface area contributed by atoms with E-state index in [4.69, 9.17) is 0 Å². The van der Waals surface area contributed by atoms with E-state index in [-0.39, 0.29) is 11.9 Å². The van der Waals surface area contributed by atoms with Gasteiger partial charge in [-0.3, -0.25) is 4.79 Å². The van der Waals surface area contributed by atoms with Crippen molar-refractivity contribution in [3.63, 3.8) is 0 Å². The van der Waals surface area contributed by atoms with E-state index in [2.05, 4.69) is 22.3 Å². The summed E-state index contributed by atoms with van der Waals surface area (Å²) >= 11 is 0. The van der Waals surface area contributed by atoms with Crippen molar-refractivity contribution in [2.45, 2.75) is 57.9 Å². The van der Waals surface area contributed by atoms with Crippen LogP contribution in [-0.4, -0.2) is 26.5 Å². The first-order chi connectivity index (χ1) is 12.2. The van der Waals surface area contributed by atoms with E-state index >= 15 is 0 Å². The number of nitrogens with one attached hydrogen (secondary N) is 1. The quantitative estimate of drug-likeness (QED) is 0.929. The highest BCUT2D eigenvalue weighted by Gasteiger charge is 2.54. The second kappa shape index (κ2) is 5.55. The van der Waals surface area contributed by atoms with Crippen LogP contribution in [0.5, 0.6) is 0 Å². The minimum atomic E-state index is -0.0173. The van der Waals surface area contributed by atoms with Crippen molar-refractivity contribution in [3.05, 3.63) is 30.2 Å². The Morgan fingerprint density at radius 1 is 1.28 bits per heavy atom. The van der Waals surface area contributed by atoms with Crippen molar-refractivity contribution < 1.29 is 4.79 Å². The standard InChI is InChI=1S/C20H26N4O/c1-2-17(20-9-13-6-14(10-20)8-15(7-13)11-20)23-19(25)16-12-22-24-5-3-4-21-18(16)24/h3-5,12-15,17H,2,6-11H2,1H3,(H,23,25). The van der Waals surface area contributed by atoms with Gasteiger partial charge in [-0.1, -0.05) is 6.92 Å². The SMILES string of the molecule is CCC(NC(=O)c1cnn2cccnc12)C12CC3CC(CC(C3)C1)C2. The molecule has 4 aliphatic rings. The molecule has 4 bridgehead atoms. The average molecular weight is 338 g/mol. The zero-order chi connectivity index (χ0) is 17.0. The number of carbonyl (C=O) groups is 1. The van der Waals surface area contributed by atoms with Gasteiger partial charge in [0.2, 0.25) is 0 Å². The second-order valence-electron chi connectivity index (χ2n) is 8.66. The molecule has 1 amide bonds. The fraction of sp³-hybridized carbons (Fsp3) is 0.650. The van der Waals surface area contributed by atoms with Crippen LogP contribution in [0.2, 0.25) is 0 Å². The lowest BCUT2D eigenvalue weighted by molar-refractivity contribution is -0.0727. The number of hydrogen-bond donors (Lipinski definition) is 1. The van der Waals surface area contributed by atoms with Crippen molar-refractivity contribution in [3.8, 4) is 0 Å². The molecule has 2 heterocycles. The van der Waals surface area contributed by atoms with Crippen LogP contribution < -0.4 is 5.32 Å². The third-order valence-electron chi connectivity index (χ3n) is 7.06. The molecule has 2 aromatic rings. The molecule has 25 heavy (non-hydrogen) atoms. The average Bonchev–Trinajstić information content (AvgIpc) is 3.02. The monoisotopic (exact) mass is 338 g/mol. The number of amides is 1. The van der Waals surface area contributed by atoms with Gasteiger partial charge in [0, 0.05) is 18.4 Å². The largest absolute Gasteiger partial charge is 0.349 e. The molecule has 1 atom stereocenters. The molecular formula is C20H26N4O. The second-order valence-corrected chi connectivity index (χ2v) is 8.66. The lowest BCUT2D eigenvalue weighted by atomic mass is 9.47. The molecule has 0 radical (unpaired) electrons. The molecule has 0 spiro atoms. The first-order valence-electron chi connectivity index (χ1n) is 9.76. The highest BCUT2D eigenvalue weighted by atomic mass is 16.1. The van der Waals surface area contributed by atoms with Crippen LogP contribution >= 0.6 is 0 Å². The van der Waals surface area contributed by atoms with Crippen LogP contribution in [0.4, 0.5) is 0 Å². The van der Waals surface area contributed by atoms with Crippen molar-refractivity contribution in [2.24, 2.45) is 23.2 Å². The third-order valence-corrected chi connectivity index (χ3v) is 7.06. The summed E-state index contributed by atoms with van der Waals surface area (Å²) in [5.74, 6) is 2.68. The first kappa shape index (κ1) is 15.4. The molecule has 5 nitrogen and oxygen atoms in total. The number of nitrogens with zero attached hydrogens (tertiary/aromatic N) is 3. The molecule has 1 N–H and O–H groups in total. The molecule has 4 saturated carbocycles. The van der Waals surface area contributed by atoms with Crippen molar-refractivity contribution in [1.29, 1.82) is 0 Å². The van der Waals surface area contributed by atoms with Crippen LogP contribution in [0.15, 0.2) is 24.7 Å². The van der Waals surface area contributed by atoms with E-state index < -0.39 is 0 Å². The summed E-state index contributed by atoms with van der Waals surface area (Å²) in [6, 6.07) is 2.10. The molecule has 132 valence electrons. The zero-order valence-corrected chi connectivity index (χ0v) is 14.8. The van der Waals surface area contributed by atoms with Crippen molar-refractivity contribution >= 4 is 11.6 Å². The van der Waals surface area contributed by atoms with E-state index in [1.54, 1.807) is 16.9 Å². The predicted molar refractivity (Wildman–Crippen MR) is 95.1 cm³/mol. The van der Waals surface area contributed by atoms with Gasteiger partial charge in [-0.2, -0.15) is 5.10 Å². The van der Waals surface area contributed by atoms with E-state index in [9.17, 15) is 4.79 Å². The van der Waals surface area contributed by atoms with Gasteiger partial charge in [0.15, 0.2) is 5.65 Å².